The molecule has 0 bridgehead atoms. The summed E-state index contributed by atoms with van der Waals surface area (Å²) in [6.45, 7) is 1.80. The summed E-state index contributed by atoms with van der Waals surface area (Å²) in [7, 11) is 2.12. The lowest BCUT2D eigenvalue weighted by molar-refractivity contribution is 0.334. The SMILES string of the molecule is CN1CCc2c(Cl)ccc3oc(C=Cc4nc5ccccc5o4)c(c23)C1. The Balaban J connectivity index is 1.62. The molecule has 3 heterocycles. The monoisotopic (exact) mass is 364 g/mol. The molecule has 0 radical (unpaired) electrons. The maximum absolute atomic E-state index is 6.45. The van der Waals surface area contributed by atoms with Crippen molar-refractivity contribution in [2.75, 3.05) is 13.6 Å². The number of likely N-dealkylation sites (N-methyl/N-ethyl adjacent to an activating group) is 1. The number of hydrogen-bond donors (Lipinski definition) is 0. The maximum Gasteiger partial charge on any atom is 0.220 e. The molecule has 2 aromatic carbocycles. The molecule has 0 spiro atoms. The number of aromatic nitrogens is 1. The van der Waals surface area contributed by atoms with E-state index >= 15 is 0 Å². The van der Waals surface area contributed by atoms with Crippen LogP contribution in [0.5, 0.6) is 0 Å². The van der Waals surface area contributed by atoms with Gasteiger partial charge in [0, 0.05) is 35.1 Å². The summed E-state index contributed by atoms with van der Waals surface area (Å²) in [6.07, 6.45) is 4.73. The number of oxazole rings is 1. The van der Waals surface area contributed by atoms with E-state index in [2.05, 4.69) is 16.9 Å². The molecule has 0 N–H and O–H groups in total. The largest absolute Gasteiger partial charge is 0.456 e. The standard InChI is InChI=1S/C21H17ClN2O2/c1-24-11-10-13-15(22)6-7-19-21(13)14(12-24)17(25-19)8-9-20-23-16-4-2-3-5-18(16)26-20/h2-9H,10-12H2,1H3. The van der Waals surface area contributed by atoms with E-state index in [0.717, 1.165) is 52.4 Å². The van der Waals surface area contributed by atoms with E-state index in [1.165, 1.54) is 11.1 Å². The Labute approximate surface area is 155 Å². The van der Waals surface area contributed by atoms with Crippen molar-refractivity contribution in [3.05, 3.63) is 64.2 Å². The number of rotatable bonds is 2. The fraction of sp³-hybridized carbons (Fsp3) is 0.190. The normalized spacial score (nSPS) is 15.3. The van der Waals surface area contributed by atoms with E-state index in [0.29, 0.717) is 5.89 Å². The zero-order chi connectivity index (χ0) is 17.7. The minimum Gasteiger partial charge on any atom is -0.456 e. The summed E-state index contributed by atoms with van der Waals surface area (Å²) in [4.78, 5) is 6.78. The number of nitrogens with zero attached hydrogens (tertiary/aromatic N) is 2. The topological polar surface area (TPSA) is 42.4 Å². The zero-order valence-corrected chi connectivity index (χ0v) is 15.1. The summed E-state index contributed by atoms with van der Waals surface area (Å²) >= 11 is 6.45. The molecular formula is C21H17ClN2O2. The lowest BCUT2D eigenvalue weighted by Crippen LogP contribution is -2.18. The third kappa shape index (κ3) is 2.54. The molecule has 2 aromatic heterocycles. The molecule has 5 rings (SSSR count). The number of hydrogen-bond acceptors (Lipinski definition) is 4. The molecule has 4 nitrogen and oxygen atoms in total. The first-order valence-electron chi connectivity index (χ1n) is 8.64. The molecule has 4 aromatic rings. The average Bonchev–Trinajstić information content (AvgIpc) is 3.15. The van der Waals surface area contributed by atoms with Gasteiger partial charge in [-0.25, -0.2) is 4.98 Å². The van der Waals surface area contributed by atoms with Gasteiger partial charge in [0.1, 0.15) is 16.9 Å². The Hall–Kier alpha value is -2.56. The van der Waals surface area contributed by atoms with Crippen LogP contribution >= 0.6 is 11.6 Å². The first-order valence-corrected chi connectivity index (χ1v) is 9.02. The van der Waals surface area contributed by atoms with Gasteiger partial charge in [0.15, 0.2) is 5.58 Å². The van der Waals surface area contributed by atoms with Crippen molar-refractivity contribution >= 4 is 45.8 Å². The highest BCUT2D eigenvalue weighted by Gasteiger charge is 2.22. The van der Waals surface area contributed by atoms with Gasteiger partial charge in [0.2, 0.25) is 5.89 Å². The van der Waals surface area contributed by atoms with Crippen LogP contribution in [0, 0.1) is 0 Å². The summed E-state index contributed by atoms with van der Waals surface area (Å²) in [6, 6.07) is 11.6. The van der Waals surface area contributed by atoms with Crippen LogP contribution in [-0.4, -0.2) is 23.5 Å². The van der Waals surface area contributed by atoms with E-state index < -0.39 is 0 Å². The second-order valence-electron chi connectivity index (χ2n) is 6.68. The quantitative estimate of drug-likeness (QED) is 0.478. The minimum absolute atomic E-state index is 0.569. The molecule has 1 aliphatic rings. The van der Waals surface area contributed by atoms with Gasteiger partial charge in [-0.15, -0.1) is 0 Å². The number of benzene rings is 2. The van der Waals surface area contributed by atoms with Gasteiger partial charge in [0.25, 0.3) is 0 Å². The highest BCUT2D eigenvalue weighted by molar-refractivity contribution is 6.32. The van der Waals surface area contributed by atoms with Crippen molar-refractivity contribution in [2.24, 2.45) is 0 Å². The summed E-state index contributed by atoms with van der Waals surface area (Å²) < 4.78 is 11.9. The van der Waals surface area contributed by atoms with Crippen molar-refractivity contribution in [2.45, 2.75) is 13.0 Å². The Morgan fingerprint density at radius 1 is 1.04 bits per heavy atom. The minimum atomic E-state index is 0.569. The Bertz CT molecular complexity index is 1120. The molecule has 0 saturated carbocycles. The van der Waals surface area contributed by atoms with Crippen LogP contribution in [0.15, 0.2) is 45.2 Å². The van der Waals surface area contributed by atoms with Gasteiger partial charge in [-0.05, 0) is 49.4 Å². The Kier molecular flexibility index (Phi) is 3.62. The van der Waals surface area contributed by atoms with Crippen molar-refractivity contribution in [3.8, 4) is 0 Å². The van der Waals surface area contributed by atoms with Crippen LogP contribution in [0.3, 0.4) is 0 Å². The predicted molar refractivity (Wildman–Crippen MR) is 104 cm³/mol. The smallest absolute Gasteiger partial charge is 0.220 e. The van der Waals surface area contributed by atoms with Crippen LogP contribution in [0.1, 0.15) is 22.8 Å². The third-order valence-corrected chi connectivity index (χ3v) is 5.25. The van der Waals surface area contributed by atoms with Crippen molar-refractivity contribution in [3.63, 3.8) is 0 Å². The lowest BCUT2D eigenvalue weighted by Gasteiger charge is -2.12. The number of para-hydroxylation sites is 2. The highest BCUT2D eigenvalue weighted by atomic mass is 35.5. The third-order valence-electron chi connectivity index (χ3n) is 4.90. The molecule has 1 aliphatic heterocycles. The van der Waals surface area contributed by atoms with Gasteiger partial charge in [-0.1, -0.05) is 23.7 Å². The predicted octanol–water partition coefficient (Wildman–Crippen LogP) is 5.39. The van der Waals surface area contributed by atoms with Crippen molar-refractivity contribution in [1.29, 1.82) is 0 Å². The molecule has 0 saturated heterocycles. The van der Waals surface area contributed by atoms with E-state index in [9.17, 15) is 0 Å². The average molecular weight is 365 g/mol. The van der Waals surface area contributed by atoms with Crippen LogP contribution in [-0.2, 0) is 13.0 Å². The van der Waals surface area contributed by atoms with E-state index in [-0.39, 0.29) is 0 Å². The number of halogens is 1. The second kappa shape index (κ2) is 6.01. The first-order chi connectivity index (χ1) is 12.7. The highest BCUT2D eigenvalue weighted by Crippen LogP contribution is 2.36. The fourth-order valence-corrected chi connectivity index (χ4v) is 3.87. The van der Waals surface area contributed by atoms with Crippen LogP contribution < -0.4 is 0 Å². The molecular weight excluding hydrogens is 348 g/mol. The van der Waals surface area contributed by atoms with Gasteiger partial charge in [0.05, 0.1) is 0 Å². The van der Waals surface area contributed by atoms with Gasteiger partial charge >= 0.3 is 0 Å². The zero-order valence-electron chi connectivity index (χ0n) is 14.3. The molecule has 0 fully saturated rings. The van der Waals surface area contributed by atoms with Crippen molar-refractivity contribution < 1.29 is 8.83 Å². The van der Waals surface area contributed by atoms with Crippen LogP contribution in [0.4, 0.5) is 0 Å². The molecule has 0 amide bonds. The van der Waals surface area contributed by atoms with Crippen molar-refractivity contribution in [1.82, 2.24) is 9.88 Å². The second-order valence-corrected chi connectivity index (χ2v) is 7.09. The van der Waals surface area contributed by atoms with Gasteiger partial charge < -0.3 is 13.7 Å². The fourth-order valence-electron chi connectivity index (χ4n) is 3.62. The molecule has 130 valence electrons. The number of furan rings is 1. The van der Waals surface area contributed by atoms with Crippen LogP contribution in [0.2, 0.25) is 5.02 Å². The molecule has 26 heavy (non-hydrogen) atoms. The lowest BCUT2D eigenvalue weighted by atomic mass is 10.0. The maximum atomic E-state index is 6.45. The van der Waals surface area contributed by atoms with Crippen LogP contribution in [0.25, 0.3) is 34.2 Å². The first kappa shape index (κ1) is 15.7. The summed E-state index contributed by atoms with van der Waals surface area (Å²) in [5.41, 5.74) is 4.86. The van der Waals surface area contributed by atoms with E-state index in [1.807, 2.05) is 48.6 Å². The molecule has 0 aliphatic carbocycles. The molecule has 0 atom stereocenters. The van der Waals surface area contributed by atoms with Gasteiger partial charge in [-0.3, -0.25) is 0 Å². The van der Waals surface area contributed by atoms with Gasteiger partial charge in [-0.2, -0.15) is 0 Å². The number of fused-ring (bicyclic) bond motifs is 1. The van der Waals surface area contributed by atoms with E-state index in [4.69, 9.17) is 20.4 Å². The molecule has 5 heteroatoms. The Morgan fingerprint density at radius 2 is 1.92 bits per heavy atom. The molecule has 0 unspecified atom stereocenters. The summed E-state index contributed by atoms with van der Waals surface area (Å²) in [5.74, 6) is 1.40. The summed E-state index contributed by atoms with van der Waals surface area (Å²) in [5, 5.41) is 1.96. The Morgan fingerprint density at radius 3 is 2.81 bits per heavy atom. The van der Waals surface area contributed by atoms with E-state index in [1.54, 1.807) is 0 Å².